The number of likely N-dealkylation sites (N-methyl/N-ethyl adjacent to an activating group) is 1. The fourth-order valence-corrected chi connectivity index (χ4v) is 2.95. The molecule has 0 aromatic heterocycles. The van der Waals surface area contributed by atoms with E-state index in [1.807, 2.05) is 50.1 Å². The molecule has 0 saturated carbocycles. The second-order valence-electron chi connectivity index (χ2n) is 6.41. The first kappa shape index (κ1) is 20.9. The Labute approximate surface area is 165 Å². The quantitative estimate of drug-likeness (QED) is 0.747. The summed E-state index contributed by atoms with van der Waals surface area (Å²) < 4.78 is 0. The Morgan fingerprint density at radius 2 is 1.70 bits per heavy atom. The van der Waals surface area contributed by atoms with Crippen molar-refractivity contribution in [3.05, 3.63) is 64.7 Å². The van der Waals surface area contributed by atoms with Crippen LogP contribution in [0.15, 0.2) is 48.5 Å². The molecule has 144 valence electrons. The number of carbonyl (C=O) groups is 2. The number of hydrogen-bond acceptors (Lipinski definition) is 3. The van der Waals surface area contributed by atoms with Crippen molar-refractivity contribution in [3.8, 4) is 0 Å². The summed E-state index contributed by atoms with van der Waals surface area (Å²) in [6.45, 7) is 6.10. The second kappa shape index (κ2) is 10.1. The van der Waals surface area contributed by atoms with Gasteiger partial charge in [0.25, 0.3) is 5.91 Å². The summed E-state index contributed by atoms with van der Waals surface area (Å²) in [5.74, 6) is -0.158. The number of hydrogen-bond donors (Lipinski definition) is 1. The van der Waals surface area contributed by atoms with Crippen LogP contribution in [-0.4, -0.2) is 48.3 Å². The average molecular weight is 388 g/mol. The predicted molar refractivity (Wildman–Crippen MR) is 110 cm³/mol. The summed E-state index contributed by atoms with van der Waals surface area (Å²) in [6, 6.07) is 14.6. The molecular weight excluding hydrogens is 362 g/mol. The van der Waals surface area contributed by atoms with Crippen LogP contribution in [0.1, 0.15) is 29.8 Å². The van der Waals surface area contributed by atoms with Gasteiger partial charge < -0.3 is 10.2 Å². The van der Waals surface area contributed by atoms with Crippen LogP contribution in [0.2, 0.25) is 5.02 Å². The Balaban J connectivity index is 1.94. The minimum Gasteiger partial charge on any atom is -0.339 e. The smallest absolute Gasteiger partial charge is 0.253 e. The molecule has 2 aromatic carbocycles. The summed E-state index contributed by atoms with van der Waals surface area (Å²) in [5, 5.41) is 3.56. The van der Waals surface area contributed by atoms with Gasteiger partial charge in [-0.05, 0) is 56.8 Å². The molecule has 0 atom stereocenters. The molecule has 0 aliphatic rings. The van der Waals surface area contributed by atoms with Crippen molar-refractivity contribution >= 4 is 29.1 Å². The molecule has 0 radical (unpaired) electrons. The van der Waals surface area contributed by atoms with Crippen LogP contribution in [0.4, 0.5) is 5.69 Å². The first-order valence-electron chi connectivity index (χ1n) is 9.05. The molecule has 0 unspecified atom stereocenters. The Bertz CT molecular complexity index is 773. The van der Waals surface area contributed by atoms with Crippen LogP contribution >= 0.6 is 11.6 Å². The molecule has 0 bridgehead atoms. The normalized spacial score (nSPS) is 10.7. The van der Waals surface area contributed by atoms with Crippen molar-refractivity contribution in [2.75, 3.05) is 32.0 Å². The highest BCUT2D eigenvalue weighted by atomic mass is 35.5. The van der Waals surface area contributed by atoms with Crippen LogP contribution in [-0.2, 0) is 11.3 Å². The third-order valence-corrected chi connectivity index (χ3v) is 4.48. The van der Waals surface area contributed by atoms with E-state index < -0.39 is 0 Å². The first-order valence-corrected chi connectivity index (χ1v) is 9.42. The van der Waals surface area contributed by atoms with Crippen molar-refractivity contribution in [2.24, 2.45) is 0 Å². The first-order chi connectivity index (χ1) is 12.9. The summed E-state index contributed by atoms with van der Waals surface area (Å²) >= 11 is 5.89. The van der Waals surface area contributed by atoms with Crippen LogP contribution in [0.3, 0.4) is 0 Å². The maximum atomic E-state index is 12.4. The Kier molecular flexibility index (Phi) is 7.82. The van der Waals surface area contributed by atoms with Gasteiger partial charge in [-0.25, -0.2) is 0 Å². The van der Waals surface area contributed by atoms with Gasteiger partial charge in [0.15, 0.2) is 0 Å². The molecule has 5 nitrogen and oxygen atoms in total. The van der Waals surface area contributed by atoms with Gasteiger partial charge in [-0.3, -0.25) is 14.5 Å². The number of amides is 2. The van der Waals surface area contributed by atoms with E-state index >= 15 is 0 Å². The molecule has 2 aromatic rings. The third-order valence-electron chi connectivity index (χ3n) is 4.22. The van der Waals surface area contributed by atoms with Gasteiger partial charge in [-0.1, -0.05) is 29.8 Å². The largest absolute Gasteiger partial charge is 0.339 e. The molecule has 0 aliphatic heterocycles. The van der Waals surface area contributed by atoms with Crippen molar-refractivity contribution in [3.63, 3.8) is 0 Å². The Morgan fingerprint density at radius 1 is 1.04 bits per heavy atom. The minimum absolute atomic E-state index is 0.0315. The maximum absolute atomic E-state index is 12.4. The summed E-state index contributed by atoms with van der Waals surface area (Å²) in [4.78, 5) is 28.4. The predicted octanol–water partition coefficient (Wildman–Crippen LogP) is 3.89. The summed E-state index contributed by atoms with van der Waals surface area (Å²) in [7, 11) is 1.88. The van der Waals surface area contributed by atoms with E-state index in [0.717, 1.165) is 5.56 Å². The van der Waals surface area contributed by atoms with Crippen molar-refractivity contribution in [1.82, 2.24) is 9.80 Å². The number of nitrogens with one attached hydrogen (secondary N) is 1. The van der Waals surface area contributed by atoms with Gasteiger partial charge in [0.1, 0.15) is 0 Å². The van der Waals surface area contributed by atoms with Gasteiger partial charge in [-0.15, -0.1) is 0 Å². The van der Waals surface area contributed by atoms with E-state index in [1.165, 1.54) is 0 Å². The van der Waals surface area contributed by atoms with E-state index in [1.54, 1.807) is 29.2 Å². The molecule has 0 spiro atoms. The molecule has 6 heteroatoms. The molecule has 0 aliphatic carbocycles. The number of nitrogens with zero attached hydrogens (tertiary/aromatic N) is 2. The third kappa shape index (κ3) is 6.38. The fraction of sp³-hybridized carbons (Fsp3) is 0.333. The monoisotopic (exact) mass is 387 g/mol. The van der Waals surface area contributed by atoms with Crippen LogP contribution in [0.25, 0.3) is 0 Å². The SMILES string of the molecule is CCN(CC)C(=O)c1cccc(NC(=O)CN(C)Cc2ccc(Cl)cc2)c1. The molecule has 0 fully saturated rings. The zero-order chi connectivity index (χ0) is 19.8. The van der Waals surface area contributed by atoms with E-state index in [9.17, 15) is 9.59 Å². The zero-order valence-corrected chi connectivity index (χ0v) is 16.8. The van der Waals surface area contributed by atoms with Crippen molar-refractivity contribution < 1.29 is 9.59 Å². The van der Waals surface area contributed by atoms with E-state index in [4.69, 9.17) is 11.6 Å². The minimum atomic E-state index is -0.126. The summed E-state index contributed by atoms with van der Waals surface area (Å²) in [5.41, 5.74) is 2.28. The van der Waals surface area contributed by atoms with E-state index in [-0.39, 0.29) is 18.4 Å². The molecule has 2 rings (SSSR count). The second-order valence-corrected chi connectivity index (χ2v) is 6.84. The highest BCUT2D eigenvalue weighted by Gasteiger charge is 2.14. The van der Waals surface area contributed by atoms with Gasteiger partial charge in [0.05, 0.1) is 6.54 Å². The molecule has 27 heavy (non-hydrogen) atoms. The van der Waals surface area contributed by atoms with Gasteiger partial charge in [0.2, 0.25) is 5.91 Å². The molecular formula is C21H26ClN3O2. The summed E-state index contributed by atoms with van der Waals surface area (Å²) in [6.07, 6.45) is 0. The van der Waals surface area contributed by atoms with Gasteiger partial charge in [-0.2, -0.15) is 0 Å². The highest BCUT2D eigenvalue weighted by Crippen LogP contribution is 2.14. The molecule has 2 amide bonds. The van der Waals surface area contributed by atoms with Gasteiger partial charge >= 0.3 is 0 Å². The van der Waals surface area contributed by atoms with Crippen molar-refractivity contribution in [1.29, 1.82) is 0 Å². The van der Waals surface area contributed by atoms with E-state index in [2.05, 4.69) is 5.32 Å². The lowest BCUT2D eigenvalue weighted by atomic mass is 10.1. The lowest BCUT2D eigenvalue weighted by Gasteiger charge is -2.19. The molecule has 0 saturated heterocycles. The van der Waals surface area contributed by atoms with Crippen LogP contribution in [0.5, 0.6) is 0 Å². The maximum Gasteiger partial charge on any atom is 0.253 e. The number of anilines is 1. The number of benzene rings is 2. The fourth-order valence-electron chi connectivity index (χ4n) is 2.83. The van der Waals surface area contributed by atoms with Crippen LogP contribution < -0.4 is 5.32 Å². The molecule has 0 heterocycles. The van der Waals surface area contributed by atoms with Crippen LogP contribution in [0, 0.1) is 0 Å². The standard InChI is InChI=1S/C21H26ClN3O2/c1-4-25(5-2)21(27)17-7-6-8-19(13-17)23-20(26)15-24(3)14-16-9-11-18(22)12-10-16/h6-13H,4-5,14-15H2,1-3H3,(H,23,26). The highest BCUT2D eigenvalue weighted by molar-refractivity contribution is 6.30. The lowest BCUT2D eigenvalue weighted by molar-refractivity contribution is -0.117. The van der Waals surface area contributed by atoms with E-state index in [0.29, 0.717) is 35.9 Å². The Morgan fingerprint density at radius 3 is 2.33 bits per heavy atom. The topological polar surface area (TPSA) is 52.7 Å². The lowest BCUT2D eigenvalue weighted by Crippen LogP contribution is -2.31. The number of rotatable bonds is 8. The van der Waals surface area contributed by atoms with Gasteiger partial charge in [0, 0.05) is 35.9 Å². The van der Waals surface area contributed by atoms with Crippen molar-refractivity contribution in [2.45, 2.75) is 20.4 Å². The average Bonchev–Trinajstić information content (AvgIpc) is 2.64. The zero-order valence-electron chi connectivity index (χ0n) is 16.0. The molecule has 1 N–H and O–H groups in total. The number of halogens is 1. The number of carbonyl (C=O) groups excluding carboxylic acids is 2. The Hall–Kier alpha value is -2.37.